The number of ether oxygens (including phenoxy) is 1. The van der Waals surface area contributed by atoms with Crippen molar-refractivity contribution >= 4 is 11.6 Å². The van der Waals surface area contributed by atoms with E-state index in [1.807, 2.05) is 36.4 Å². The monoisotopic (exact) mass is 396 g/mol. The van der Waals surface area contributed by atoms with Crippen LogP contribution in [0.1, 0.15) is 53.3 Å². The third-order valence-corrected chi connectivity index (χ3v) is 5.50. The number of amides is 1. The van der Waals surface area contributed by atoms with Gasteiger partial charge in [-0.2, -0.15) is 0 Å². The lowest BCUT2D eigenvalue weighted by atomic mass is 9.99. The fourth-order valence-electron chi connectivity index (χ4n) is 3.84. The summed E-state index contributed by atoms with van der Waals surface area (Å²) < 4.78 is 5.26. The molecule has 1 aliphatic heterocycles. The minimum absolute atomic E-state index is 0.0979. The average molecular weight is 397 g/mol. The van der Waals surface area contributed by atoms with Crippen LogP contribution in [-0.2, 0) is 11.2 Å². The van der Waals surface area contributed by atoms with Gasteiger partial charge in [0.05, 0.1) is 12.7 Å². The number of benzene rings is 2. The minimum Gasteiger partial charge on any atom is -0.388 e. The number of nitrogens with one attached hydrogen (secondary N) is 1. The van der Waals surface area contributed by atoms with Crippen molar-refractivity contribution in [3.05, 3.63) is 65.2 Å². The van der Waals surface area contributed by atoms with E-state index in [2.05, 4.69) is 22.3 Å². The number of carbonyl (C=O) groups excluding carboxylic acids is 1. The van der Waals surface area contributed by atoms with Crippen LogP contribution in [0.5, 0.6) is 0 Å². The highest BCUT2D eigenvalue weighted by Gasteiger charge is 2.21. The van der Waals surface area contributed by atoms with Gasteiger partial charge in [-0.05, 0) is 43.0 Å². The van der Waals surface area contributed by atoms with Crippen molar-refractivity contribution < 1.29 is 14.6 Å². The standard InChI is InChI=1S/C24H32N2O3/c1-29-17-16-26-15-7-3-6-10-23(27)21-18-20(11-12-22(21)26)24(28)25-14-13-19-8-4-2-5-9-19/h2,4-5,8-9,11-12,18,23,27H,3,6-7,10,13-17H2,1H3,(H,25,28). The number of methoxy groups -OCH3 is 1. The molecule has 5 nitrogen and oxygen atoms in total. The van der Waals surface area contributed by atoms with Gasteiger partial charge < -0.3 is 20.1 Å². The molecule has 1 aliphatic rings. The summed E-state index contributed by atoms with van der Waals surface area (Å²) in [6.07, 6.45) is 4.16. The van der Waals surface area contributed by atoms with Crippen molar-refractivity contribution in [1.82, 2.24) is 5.32 Å². The first-order chi connectivity index (χ1) is 14.2. The number of anilines is 1. The Hall–Kier alpha value is -2.37. The third kappa shape index (κ3) is 6.05. The lowest BCUT2D eigenvalue weighted by Gasteiger charge is -2.28. The van der Waals surface area contributed by atoms with Crippen LogP contribution < -0.4 is 10.2 Å². The van der Waals surface area contributed by atoms with Crippen LogP contribution in [0.4, 0.5) is 5.69 Å². The largest absolute Gasteiger partial charge is 0.388 e. The molecule has 0 saturated carbocycles. The van der Waals surface area contributed by atoms with E-state index in [9.17, 15) is 9.90 Å². The quantitative estimate of drug-likeness (QED) is 0.749. The Balaban J connectivity index is 1.73. The highest BCUT2D eigenvalue weighted by Crippen LogP contribution is 2.32. The maximum Gasteiger partial charge on any atom is 0.251 e. The van der Waals surface area contributed by atoms with E-state index < -0.39 is 6.10 Å². The Bertz CT molecular complexity index is 779. The number of carbonyl (C=O) groups is 1. The van der Waals surface area contributed by atoms with Crippen molar-refractivity contribution in [3.8, 4) is 0 Å². The maximum absolute atomic E-state index is 12.7. The van der Waals surface area contributed by atoms with Gasteiger partial charge >= 0.3 is 0 Å². The SMILES string of the molecule is COCCN1CCCCCC(O)c2cc(C(=O)NCCc3ccccc3)ccc21. The fraction of sp³-hybridized carbons (Fsp3) is 0.458. The number of nitrogens with zero attached hydrogens (tertiary/aromatic N) is 1. The summed E-state index contributed by atoms with van der Waals surface area (Å²) in [5.41, 5.74) is 3.66. The van der Waals surface area contributed by atoms with Crippen LogP contribution >= 0.6 is 0 Å². The second-order valence-electron chi connectivity index (χ2n) is 7.61. The zero-order chi connectivity index (χ0) is 20.5. The molecule has 2 aromatic carbocycles. The third-order valence-electron chi connectivity index (χ3n) is 5.50. The molecule has 2 aromatic rings. The summed E-state index contributed by atoms with van der Waals surface area (Å²) in [7, 11) is 1.70. The Labute approximate surface area is 173 Å². The highest BCUT2D eigenvalue weighted by molar-refractivity contribution is 5.95. The van der Waals surface area contributed by atoms with Gasteiger partial charge in [-0.25, -0.2) is 0 Å². The second-order valence-corrected chi connectivity index (χ2v) is 7.61. The van der Waals surface area contributed by atoms with Crippen molar-refractivity contribution in [1.29, 1.82) is 0 Å². The molecule has 0 aliphatic carbocycles. The van der Waals surface area contributed by atoms with Gasteiger partial charge in [0, 0.05) is 43.6 Å². The molecule has 0 aromatic heterocycles. The molecule has 1 heterocycles. The van der Waals surface area contributed by atoms with Crippen molar-refractivity contribution in [2.75, 3.05) is 38.3 Å². The molecule has 156 valence electrons. The van der Waals surface area contributed by atoms with Gasteiger partial charge in [0.15, 0.2) is 0 Å². The first kappa shape index (κ1) is 21.3. The predicted octanol–water partition coefficient (Wildman–Crippen LogP) is 3.72. The Kier molecular flexibility index (Phi) is 8.08. The predicted molar refractivity (Wildman–Crippen MR) is 116 cm³/mol. The van der Waals surface area contributed by atoms with Crippen LogP contribution in [-0.4, -0.2) is 44.4 Å². The van der Waals surface area contributed by atoms with Crippen molar-refractivity contribution in [2.24, 2.45) is 0 Å². The molecule has 1 amide bonds. The highest BCUT2D eigenvalue weighted by atomic mass is 16.5. The smallest absolute Gasteiger partial charge is 0.251 e. The van der Waals surface area contributed by atoms with Gasteiger partial charge in [0.25, 0.3) is 5.91 Å². The molecule has 1 unspecified atom stereocenters. The molecular formula is C24H32N2O3. The summed E-state index contributed by atoms with van der Waals surface area (Å²) in [4.78, 5) is 14.9. The number of fused-ring (bicyclic) bond motifs is 1. The molecule has 2 N–H and O–H groups in total. The first-order valence-electron chi connectivity index (χ1n) is 10.6. The summed E-state index contributed by atoms with van der Waals surface area (Å²) in [6, 6.07) is 15.8. The molecule has 3 rings (SSSR count). The van der Waals surface area contributed by atoms with Crippen molar-refractivity contribution in [3.63, 3.8) is 0 Å². The van der Waals surface area contributed by atoms with Crippen LogP contribution in [0.3, 0.4) is 0 Å². The lowest BCUT2D eigenvalue weighted by molar-refractivity contribution is 0.0953. The van der Waals surface area contributed by atoms with Gasteiger partial charge in [-0.3, -0.25) is 4.79 Å². The van der Waals surface area contributed by atoms with Crippen LogP contribution in [0.25, 0.3) is 0 Å². The van der Waals surface area contributed by atoms with Gasteiger partial charge in [0.1, 0.15) is 0 Å². The van der Waals surface area contributed by atoms with Gasteiger partial charge in [-0.1, -0.05) is 43.2 Å². The van der Waals surface area contributed by atoms with E-state index in [1.165, 1.54) is 5.56 Å². The molecule has 0 spiro atoms. The number of hydrogen-bond acceptors (Lipinski definition) is 4. The summed E-state index contributed by atoms with van der Waals surface area (Å²) in [5.74, 6) is -0.0979. The summed E-state index contributed by atoms with van der Waals surface area (Å²) in [6.45, 7) is 2.93. The average Bonchev–Trinajstić information content (AvgIpc) is 2.82. The number of aliphatic hydroxyl groups is 1. The van der Waals surface area contributed by atoms with Crippen LogP contribution in [0.15, 0.2) is 48.5 Å². The number of hydrogen-bond donors (Lipinski definition) is 2. The maximum atomic E-state index is 12.7. The zero-order valence-corrected chi connectivity index (χ0v) is 17.3. The van der Waals surface area contributed by atoms with E-state index in [-0.39, 0.29) is 5.91 Å². The number of aliphatic hydroxyl groups excluding tert-OH is 1. The van der Waals surface area contributed by atoms with E-state index >= 15 is 0 Å². The molecule has 0 bridgehead atoms. The minimum atomic E-state index is -0.551. The van der Waals surface area contributed by atoms with Crippen LogP contribution in [0.2, 0.25) is 0 Å². The van der Waals surface area contributed by atoms with Gasteiger partial charge in [-0.15, -0.1) is 0 Å². The molecule has 0 fully saturated rings. The lowest BCUT2D eigenvalue weighted by Crippen LogP contribution is -2.30. The van der Waals surface area contributed by atoms with Gasteiger partial charge in [0.2, 0.25) is 0 Å². The van der Waals surface area contributed by atoms with Crippen LogP contribution in [0, 0.1) is 0 Å². The molecule has 29 heavy (non-hydrogen) atoms. The molecule has 1 atom stereocenters. The van der Waals surface area contributed by atoms with E-state index in [4.69, 9.17) is 4.74 Å². The van der Waals surface area contributed by atoms with Crippen molar-refractivity contribution in [2.45, 2.75) is 38.2 Å². The normalized spacial score (nSPS) is 17.0. The first-order valence-corrected chi connectivity index (χ1v) is 10.6. The van der Waals surface area contributed by atoms with E-state index in [0.717, 1.165) is 56.4 Å². The molecule has 5 heteroatoms. The van der Waals surface area contributed by atoms with E-state index in [1.54, 1.807) is 7.11 Å². The fourth-order valence-corrected chi connectivity index (χ4v) is 3.84. The Morgan fingerprint density at radius 2 is 2.00 bits per heavy atom. The number of rotatable bonds is 7. The zero-order valence-electron chi connectivity index (χ0n) is 17.3. The van der Waals surface area contributed by atoms with E-state index in [0.29, 0.717) is 18.7 Å². The molecular weight excluding hydrogens is 364 g/mol. The molecule has 0 radical (unpaired) electrons. The summed E-state index contributed by atoms with van der Waals surface area (Å²) >= 11 is 0. The second kappa shape index (κ2) is 11.0. The topological polar surface area (TPSA) is 61.8 Å². The Morgan fingerprint density at radius 3 is 2.79 bits per heavy atom. The Morgan fingerprint density at radius 1 is 1.17 bits per heavy atom. The summed E-state index contributed by atoms with van der Waals surface area (Å²) in [5, 5.41) is 13.8. The molecule has 0 saturated heterocycles.